The number of halogens is 1. The maximum Gasteiger partial charge on any atom is 0.320 e. The Morgan fingerprint density at radius 3 is 2.88 bits per heavy atom. The lowest BCUT2D eigenvalue weighted by Gasteiger charge is -2.34. The Balaban J connectivity index is 1.82. The normalized spacial score (nSPS) is 19.1. The molecule has 0 saturated carbocycles. The van der Waals surface area contributed by atoms with Crippen LogP contribution in [0.25, 0.3) is 5.70 Å². The number of amides is 2. The van der Waals surface area contributed by atoms with E-state index in [9.17, 15) is 9.18 Å². The number of nitrogens with one attached hydrogen (secondary N) is 2. The zero-order valence-corrected chi connectivity index (χ0v) is 13.7. The summed E-state index contributed by atoms with van der Waals surface area (Å²) in [7, 11) is 1.43. The van der Waals surface area contributed by atoms with Crippen LogP contribution in [-0.4, -0.2) is 18.9 Å². The maximum absolute atomic E-state index is 14.1. The van der Waals surface area contributed by atoms with E-state index in [1.54, 1.807) is 23.9 Å². The molecule has 4 rings (SSSR count). The quantitative estimate of drug-likeness (QED) is 0.875. The van der Waals surface area contributed by atoms with Crippen molar-refractivity contribution in [3.05, 3.63) is 65.0 Å². The van der Waals surface area contributed by atoms with Crippen molar-refractivity contribution < 1.29 is 13.9 Å². The number of ether oxygens (including phenoxy) is 1. The van der Waals surface area contributed by atoms with Crippen molar-refractivity contribution in [2.24, 2.45) is 0 Å². The Hall–Kier alpha value is -2.47. The van der Waals surface area contributed by atoms with Gasteiger partial charge in [-0.2, -0.15) is 0 Å². The summed E-state index contributed by atoms with van der Waals surface area (Å²) in [5, 5.41) is 5.81. The van der Waals surface area contributed by atoms with Gasteiger partial charge in [-0.25, -0.2) is 9.18 Å². The first-order valence-corrected chi connectivity index (χ1v) is 8.52. The summed E-state index contributed by atoms with van der Waals surface area (Å²) < 4.78 is 19.1. The number of fused-ring (bicyclic) bond motifs is 2. The molecule has 1 unspecified atom stereocenters. The van der Waals surface area contributed by atoms with Crippen LogP contribution in [0.3, 0.4) is 0 Å². The number of carbonyl (C=O) groups is 1. The molecule has 2 aromatic carbocycles. The number of methoxy groups -OCH3 is 1. The van der Waals surface area contributed by atoms with Gasteiger partial charge in [-0.15, -0.1) is 11.8 Å². The molecular weight excluding hydrogens is 327 g/mol. The van der Waals surface area contributed by atoms with Gasteiger partial charge in [0.25, 0.3) is 0 Å². The molecule has 2 aliphatic heterocycles. The minimum absolute atomic E-state index is 0.191. The van der Waals surface area contributed by atoms with Crippen molar-refractivity contribution in [3.63, 3.8) is 0 Å². The van der Waals surface area contributed by atoms with E-state index in [2.05, 4.69) is 10.6 Å². The Kier molecular flexibility index (Phi) is 3.69. The van der Waals surface area contributed by atoms with Crippen LogP contribution in [0.15, 0.2) is 52.9 Å². The maximum atomic E-state index is 14.1. The van der Waals surface area contributed by atoms with Gasteiger partial charge in [0.1, 0.15) is 0 Å². The van der Waals surface area contributed by atoms with Gasteiger partial charge >= 0.3 is 6.03 Å². The molecule has 6 heteroatoms. The average Bonchev–Trinajstić information content (AvgIpc) is 2.61. The molecule has 0 radical (unpaired) electrons. The number of hydrogen-bond donors (Lipinski definition) is 2. The van der Waals surface area contributed by atoms with E-state index >= 15 is 0 Å². The lowest BCUT2D eigenvalue weighted by molar-refractivity contribution is 0.240. The summed E-state index contributed by atoms with van der Waals surface area (Å²) in [6.45, 7) is 0. The van der Waals surface area contributed by atoms with Crippen LogP contribution in [0.5, 0.6) is 5.75 Å². The van der Waals surface area contributed by atoms with Gasteiger partial charge in [0.05, 0.1) is 18.8 Å². The molecule has 0 fully saturated rings. The molecule has 2 heterocycles. The van der Waals surface area contributed by atoms with Crippen LogP contribution in [-0.2, 0) is 0 Å². The van der Waals surface area contributed by atoms with Crippen LogP contribution in [0.1, 0.15) is 17.2 Å². The van der Waals surface area contributed by atoms with Crippen LogP contribution in [0.4, 0.5) is 9.18 Å². The monoisotopic (exact) mass is 342 g/mol. The number of carbonyl (C=O) groups excluding carboxylic acids is 1. The van der Waals surface area contributed by atoms with Gasteiger partial charge in [-0.1, -0.05) is 24.3 Å². The highest BCUT2D eigenvalue weighted by Gasteiger charge is 2.32. The second-order valence-electron chi connectivity index (χ2n) is 5.61. The van der Waals surface area contributed by atoms with Crippen LogP contribution < -0.4 is 15.4 Å². The minimum Gasteiger partial charge on any atom is -0.494 e. The second kappa shape index (κ2) is 5.87. The zero-order valence-electron chi connectivity index (χ0n) is 12.9. The summed E-state index contributed by atoms with van der Waals surface area (Å²) in [6.07, 6.45) is 0. The SMILES string of the molecule is COc1ccc(C2NC(=O)NC3=C2CSc2ccccc23)cc1F. The number of benzene rings is 2. The molecule has 2 amide bonds. The summed E-state index contributed by atoms with van der Waals surface area (Å²) in [5.74, 6) is 0.489. The summed E-state index contributed by atoms with van der Waals surface area (Å²) in [5.41, 5.74) is 3.59. The Morgan fingerprint density at radius 2 is 2.08 bits per heavy atom. The molecule has 122 valence electrons. The van der Waals surface area contributed by atoms with Gasteiger partial charge in [0.15, 0.2) is 11.6 Å². The van der Waals surface area contributed by atoms with E-state index in [-0.39, 0.29) is 17.8 Å². The van der Waals surface area contributed by atoms with Crippen molar-refractivity contribution in [1.82, 2.24) is 10.6 Å². The first-order valence-electron chi connectivity index (χ1n) is 7.53. The standard InChI is InChI=1S/C18H15FN2O2S/c1-23-14-7-6-10(8-13(14)19)16-12-9-24-15-5-3-2-4-11(15)17(12)21-18(22)20-16/h2-8,16H,9H2,1H3,(H2,20,21,22). The van der Waals surface area contributed by atoms with Crippen molar-refractivity contribution in [3.8, 4) is 5.75 Å². The third-order valence-corrected chi connectivity index (χ3v) is 5.35. The third kappa shape index (κ3) is 2.43. The third-order valence-electron chi connectivity index (χ3n) is 4.23. The Labute approximate surface area is 143 Å². The zero-order chi connectivity index (χ0) is 16.7. The number of urea groups is 1. The van der Waals surface area contributed by atoms with Crippen LogP contribution >= 0.6 is 11.8 Å². The lowest BCUT2D eigenvalue weighted by atomic mass is 9.93. The number of thioether (sulfide) groups is 1. The highest BCUT2D eigenvalue weighted by atomic mass is 32.2. The number of rotatable bonds is 2. The Morgan fingerprint density at radius 1 is 1.25 bits per heavy atom. The van der Waals surface area contributed by atoms with Crippen molar-refractivity contribution in [1.29, 1.82) is 0 Å². The van der Waals surface area contributed by atoms with E-state index in [0.29, 0.717) is 5.56 Å². The van der Waals surface area contributed by atoms with Gasteiger partial charge < -0.3 is 15.4 Å². The van der Waals surface area contributed by atoms with Crippen LogP contribution in [0.2, 0.25) is 0 Å². The fourth-order valence-corrected chi connectivity index (χ4v) is 4.21. The molecule has 2 aliphatic rings. The molecule has 0 saturated heterocycles. The molecule has 1 atom stereocenters. The van der Waals surface area contributed by atoms with Gasteiger partial charge in [0.2, 0.25) is 0 Å². The predicted molar refractivity (Wildman–Crippen MR) is 91.4 cm³/mol. The summed E-state index contributed by atoms with van der Waals surface area (Å²) in [4.78, 5) is 13.3. The Bertz CT molecular complexity index is 866. The summed E-state index contributed by atoms with van der Waals surface area (Å²) in [6, 6.07) is 12.1. The van der Waals surface area contributed by atoms with Gasteiger partial charge in [-0.3, -0.25) is 0 Å². The molecule has 0 spiro atoms. The minimum atomic E-state index is -0.436. The highest BCUT2D eigenvalue weighted by Crippen LogP contribution is 2.42. The molecule has 2 aromatic rings. The van der Waals surface area contributed by atoms with E-state index in [0.717, 1.165) is 27.5 Å². The van der Waals surface area contributed by atoms with E-state index in [1.807, 2.05) is 24.3 Å². The predicted octanol–water partition coefficient (Wildman–Crippen LogP) is 3.71. The summed E-state index contributed by atoms with van der Waals surface area (Å²) >= 11 is 1.72. The van der Waals surface area contributed by atoms with E-state index in [4.69, 9.17) is 4.74 Å². The van der Waals surface area contributed by atoms with Gasteiger partial charge in [0, 0.05) is 16.2 Å². The molecule has 0 aromatic heterocycles. The molecule has 2 N–H and O–H groups in total. The van der Waals surface area contributed by atoms with Crippen molar-refractivity contribution in [2.75, 3.05) is 12.9 Å². The molecule has 0 bridgehead atoms. The number of hydrogen-bond acceptors (Lipinski definition) is 3. The highest BCUT2D eigenvalue weighted by molar-refractivity contribution is 7.99. The first kappa shape index (κ1) is 15.1. The molecule has 0 aliphatic carbocycles. The molecule has 4 nitrogen and oxygen atoms in total. The van der Waals surface area contributed by atoms with E-state index in [1.165, 1.54) is 13.2 Å². The van der Waals surface area contributed by atoms with Gasteiger partial charge in [-0.05, 0) is 29.3 Å². The fraction of sp³-hybridized carbons (Fsp3) is 0.167. The smallest absolute Gasteiger partial charge is 0.320 e. The topological polar surface area (TPSA) is 50.4 Å². The molecular formula is C18H15FN2O2S. The second-order valence-corrected chi connectivity index (χ2v) is 6.63. The van der Waals surface area contributed by atoms with Crippen molar-refractivity contribution >= 4 is 23.5 Å². The van der Waals surface area contributed by atoms with E-state index < -0.39 is 5.82 Å². The first-order chi connectivity index (χ1) is 11.7. The molecule has 24 heavy (non-hydrogen) atoms. The van der Waals surface area contributed by atoms with Crippen molar-refractivity contribution in [2.45, 2.75) is 10.9 Å². The largest absolute Gasteiger partial charge is 0.494 e. The average molecular weight is 342 g/mol. The van der Waals surface area contributed by atoms with Crippen LogP contribution in [0, 0.1) is 5.82 Å². The fourth-order valence-electron chi connectivity index (χ4n) is 3.09. The lowest BCUT2D eigenvalue weighted by Crippen LogP contribution is -2.44.